The molecule has 0 bridgehead atoms. The van der Waals surface area contributed by atoms with E-state index in [1.54, 1.807) is 7.05 Å². The summed E-state index contributed by atoms with van der Waals surface area (Å²) in [5.41, 5.74) is 6.30. The first-order chi connectivity index (χ1) is 18.5. The Bertz CT molecular complexity index is 1100. The van der Waals surface area contributed by atoms with Gasteiger partial charge >= 0.3 is 6.09 Å². The number of anilines is 1. The van der Waals surface area contributed by atoms with Gasteiger partial charge in [0, 0.05) is 44.6 Å². The van der Waals surface area contributed by atoms with E-state index in [1.165, 1.54) is 11.1 Å². The highest BCUT2D eigenvalue weighted by Gasteiger charge is 2.31. The highest BCUT2D eigenvalue weighted by atomic mass is 16.5. The lowest BCUT2D eigenvalue weighted by molar-refractivity contribution is -0.121. The number of unbranched alkanes of at least 4 members (excludes halogenated alkanes) is 2. The largest absolute Gasteiger partial charge is 0.449 e. The van der Waals surface area contributed by atoms with Crippen LogP contribution in [0, 0.1) is 0 Å². The first-order valence-electron chi connectivity index (χ1n) is 13.9. The van der Waals surface area contributed by atoms with Crippen LogP contribution in [-0.4, -0.2) is 44.7 Å². The fourth-order valence-corrected chi connectivity index (χ4v) is 4.84. The zero-order valence-corrected chi connectivity index (χ0v) is 23.0. The lowest BCUT2D eigenvalue weighted by Crippen LogP contribution is -2.24. The van der Waals surface area contributed by atoms with Crippen molar-refractivity contribution in [2.75, 3.05) is 32.1 Å². The van der Waals surface area contributed by atoms with Crippen LogP contribution in [-0.2, 0) is 20.9 Å². The van der Waals surface area contributed by atoms with Gasteiger partial charge in [-0.15, -0.1) is 0 Å². The summed E-state index contributed by atoms with van der Waals surface area (Å²) in [5, 5.41) is 11.9. The van der Waals surface area contributed by atoms with Crippen molar-refractivity contribution in [3.63, 3.8) is 0 Å². The van der Waals surface area contributed by atoms with Crippen molar-refractivity contribution >= 4 is 23.6 Å². The fraction of sp³-hybridized carbons (Fsp3) is 0.500. The summed E-state index contributed by atoms with van der Waals surface area (Å²) in [6.45, 7) is 6.86. The minimum absolute atomic E-state index is 0.00705. The second-order valence-electron chi connectivity index (χ2n) is 9.72. The van der Waals surface area contributed by atoms with Gasteiger partial charge in [-0.25, -0.2) is 4.79 Å². The Morgan fingerprint density at radius 2 is 1.71 bits per heavy atom. The SMILES string of the molecule is CCCCCNC(=O)CCCC(=O)Nc1ccc2c(c1)C(COC(=O)NC)c1cccc(CNCCC)c1-2. The predicted molar refractivity (Wildman–Crippen MR) is 151 cm³/mol. The number of benzene rings is 2. The molecular formula is C30H42N4O4. The van der Waals surface area contributed by atoms with Crippen molar-refractivity contribution in [3.05, 3.63) is 53.1 Å². The third-order valence-corrected chi connectivity index (χ3v) is 6.78. The molecule has 0 aliphatic heterocycles. The Hall–Kier alpha value is -3.39. The fourth-order valence-electron chi connectivity index (χ4n) is 4.84. The molecule has 0 aromatic heterocycles. The van der Waals surface area contributed by atoms with Crippen LogP contribution in [0.15, 0.2) is 36.4 Å². The summed E-state index contributed by atoms with van der Waals surface area (Å²) < 4.78 is 5.47. The Balaban J connectivity index is 1.69. The number of amides is 3. The molecule has 1 aliphatic carbocycles. The van der Waals surface area contributed by atoms with Gasteiger partial charge in [0.15, 0.2) is 0 Å². The number of carbonyl (C=O) groups excluding carboxylic acids is 3. The number of hydrogen-bond acceptors (Lipinski definition) is 5. The smallest absolute Gasteiger partial charge is 0.406 e. The number of nitrogens with one attached hydrogen (secondary N) is 4. The van der Waals surface area contributed by atoms with Gasteiger partial charge in [0.25, 0.3) is 0 Å². The van der Waals surface area contributed by atoms with E-state index in [4.69, 9.17) is 4.74 Å². The molecule has 0 radical (unpaired) electrons. The van der Waals surface area contributed by atoms with Gasteiger partial charge in [-0.1, -0.05) is 51.0 Å². The Kier molecular flexibility index (Phi) is 11.6. The number of ether oxygens (including phenoxy) is 1. The highest BCUT2D eigenvalue weighted by molar-refractivity contribution is 5.92. The third kappa shape index (κ3) is 8.05. The molecule has 1 atom stereocenters. The lowest BCUT2D eigenvalue weighted by Gasteiger charge is -2.15. The third-order valence-electron chi connectivity index (χ3n) is 6.78. The molecule has 1 unspecified atom stereocenters. The van der Waals surface area contributed by atoms with E-state index in [0.29, 0.717) is 25.1 Å². The zero-order valence-electron chi connectivity index (χ0n) is 23.0. The Morgan fingerprint density at radius 1 is 0.895 bits per heavy atom. The highest BCUT2D eigenvalue weighted by Crippen LogP contribution is 2.47. The van der Waals surface area contributed by atoms with Crippen LogP contribution in [0.3, 0.4) is 0 Å². The molecule has 0 fully saturated rings. The van der Waals surface area contributed by atoms with Crippen LogP contribution in [0.1, 0.15) is 81.4 Å². The van der Waals surface area contributed by atoms with E-state index in [9.17, 15) is 14.4 Å². The molecule has 2 aromatic carbocycles. The van der Waals surface area contributed by atoms with E-state index < -0.39 is 6.09 Å². The molecule has 38 heavy (non-hydrogen) atoms. The molecule has 3 amide bonds. The molecule has 2 aromatic rings. The number of hydrogen-bond donors (Lipinski definition) is 4. The normalized spacial score (nSPS) is 13.4. The van der Waals surface area contributed by atoms with Gasteiger partial charge in [-0.3, -0.25) is 9.59 Å². The number of carbonyl (C=O) groups is 3. The summed E-state index contributed by atoms with van der Waals surface area (Å²) in [5.74, 6) is -0.258. The van der Waals surface area contributed by atoms with Crippen molar-refractivity contribution in [3.8, 4) is 11.1 Å². The maximum absolute atomic E-state index is 12.6. The summed E-state index contributed by atoms with van der Waals surface area (Å²) in [6, 6.07) is 12.2. The summed E-state index contributed by atoms with van der Waals surface area (Å²) in [4.78, 5) is 36.4. The van der Waals surface area contributed by atoms with E-state index in [-0.39, 0.29) is 30.8 Å². The minimum atomic E-state index is -0.473. The van der Waals surface area contributed by atoms with E-state index in [1.807, 2.05) is 24.3 Å². The molecule has 0 heterocycles. The summed E-state index contributed by atoms with van der Waals surface area (Å²) in [6.07, 6.45) is 4.90. The molecule has 8 heteroatoms. The summed E-state index contributed by atoms with van der Waals surface area (Å²) in [7, 11) is 1.54. The number of rotatable bonds is 15. The molecule has 206 valence electrons. The van der Waals surface area contributed by atoms with Crippen LogP contribution >= 0.6 is 0 Å². The molecular weight excluding hydrogens is 480 g/mol. The topological polar surface area (TPSA) is 109 Å². The molecule has 0 spiro atoms. The first kappa shape index (κ1) is 29.2. The van der Waals surface area contributed by atoms with Crippen LogP contribution in [0.4, 0.5) is 10.5 Å². The van der Waals surface area contributed by atoms with Gasteiger partial charge in [0.05, 0.1) is 0 Å². The molecule has 4 N–H and O–H groups in total. The maximum atomic E-state index is 12.6. The second kappa shape index (κ2) is 15.1. The average Bonchev–Trinajstić information content (AvgIpc) is 3.23. The number of alkyl carbamates (subject to hydrolysis) is 1. The molecule has 3 rings (SSSR count). The minimum Gasteiger partial charge on any atom is -0.449 e. The molecule has 0 saturated carbocycles. The Labute approximate surface area is 226 Å². The van der Waals surface area contributed by atoms with Crippen molar-refractivity contribution in [1.29, 1.82) is 0 Å². The van der Waals surface area contributed by atoms with Gasteiger partial charge in [-0.2, -0.15) is 0 Å². The van der Waals surface area contributed by atoms with Gasteiger partial charge < -0.3 is 26.0 Å². The van der Waals surface area contributed by atoms with Crippen molar-refractivity contribution in [2.24, 2.45) is 0 Å². The van der Waals surface area contributed by atoms with E-state index in [0.717, 1.165) is 55.5 Å². The van der Waals surface area contributed by atoms with Crippen LogP contribution < -0.4 is 21.3 Å². The lowest BCUT2D eigenvalue weighted by atomic mass is 9.96. The van der Waals surface area contributed by atoms with Crippen molar-refractivity contribution < 1.29 is 19.1 Å². The second-order valence-corrected chi connectivity index (χ2v) is 9.72. The monoisotopic (exact) mass is 522 g/mol. The van der Waals surface area contributed by atoms with Gasteiger partial charge in [0.2, 0.25) is 11.8 Å². The van der Waals surface area contributed by atoms with Crippen LogP contribution in [0.5, 0.6) is 0 Å². The van der Waals surface area contributed by atoms with Crippen LogP contribution in [0.25, 0.3) is 11.1 Å². The van der Waals surface area contributed by atoms with E-state index >= 15 is 0 Å². The van der Waals surface area contributed by atoms with Crippen molar-refractivity contribution in [1.82, 2.24) is 16.0 Å². The first-order valence-corrected chi connectivity index (χ1v) is 13.9. The molecule has 8 nitrogen and oxygen atoms in total. The standard InChI is InChI=1S/C30H42N4O4/c1-4-6-7-17-33-27(35)12-9-13-28(36)34-22-14-15-24-25(18-22)26(20-38-30(37)31-3)23-11-8-10-21(29(23)24)19-32-16-5-2/h8,10-11,14-15,18,26,32H,4-7,9,12-13,16-17,19-20H2,1-3H3,(H,31,37)(H,33,35)(H,34,36). The quantitative estimate of drug-likeness (QED) is 0.244. The zero-order chi connectivity index (χ0) is 27.3. The van der Waals surface area contributed by atoms with Gasteiger partial charge in [0.1, 0.15) is 6.61 Å². The van der Waals surface area contributed by atoms with E-state index in [2.05, 4.69) is 47.2 Å². The average molecular weight is 523 g/mol. The maximum Gasteiger partial charge on any atom is 0.406 e. The molecule has 1 aliphatic rings. The van der Waals surface area contributed by atoms with Crippen LogP contribution in [0.2, 0.25) is 0 Å². The Morgan fingerprint density at radius 3 is 2.47 bits per heavy atom. The number of fused-ring (bicyclic) bond motifs is 3. The van der Waals surface area contributed by atoms with Crippen molar-refractivity contribution in [2.45, 2.75) is 71.3 Å². The predicted octanol–water partition coefficient (Wildman–Crippen LogP) is 5.07. The summed E-state index contributed by atoms with van der Waals surface area (Å²) >= 11 is 0. The molecule has 0 saturated heterocycles. The van der Waals surface area contributed by atoms with Gasteiger partial charge in [-0.05, 0) is 65.8 Å².